The molecule has 0 spiro atoms. The van der Waals surface area contributed by atoms with Crippen LogP contribution < -0.4 is 16.6 Å². The number of aromatic nitrogens is 6. The summed E-state index contributed by atoms with van der Waals surface area (Å²) in [4.78, 5) is 34.1. The van der Waals surface area contributed by atoms with Gasteiger partial charge < -0.3 is 11.1 Å². The summed E-state index contributed by atoms with van der Waals surface area (Å²) >= 11 is 0. The molecule has 0 saturated carbocycles. The van der Waals surface area contributed by atoms with E-state index in [1.807, 2.05) is 0 Å². The van der Waals surface area contributed by atoms with Gasteiger partial charge in [0.15, 0.2) is 0 Å². The number of alkyl halides is 2. The summed E-state index contributed by atoms with van der Waals surface area (Å²) in [5.74, 6) is 4.22. The Morgan fingerprint density at radius 3 is 2.55 bits per heavy atom. The van der Waals surface area contributed by atoms with E-state index in [-0.39, 0.29) is 52.6 Å². The number of nitrogens with zero attached hydrogens (tertiary/aromatic N) is 6. The quantitative estimate of drug-likeness (QED) is 0.243. The van der Waals surface area contributed by atoms with Gasteiger partial charge in [0.05, 0.1) is 22.8 Å². The number of benzene rings is 2. The van der Waals surface area contributed by atoms with Crippen LogP contribution in [0.25, 0.3) is 16.6 Å². The molecule has 0 aliphatic carbocycles. The first-order chi connectivity index (χ1) is 19.3. The van der Waals surface area contributed by atoms with Crippen molar-refractivity contribution >= 4 is 22.5 Å². The fourth-order valence-electron chi connectivity index (χ4n) is 4.03. The zero-order valence-corrected chi connectivity index (χ0v) is 20.4. The van der Waals surface area contributed by atoms with Gasteiger partial charge in [0.25, 0.3) is 12.0 Å². The number of hydrogen-bond acceptors (Lipinski definition) is 8. The number of nitrogens with two attached hydrogens (primary N) is 1. The zero-order chi connectivity index (χ0) is 28.2. The van der Waals surface area contributed by atoms with E-state index in [9.17, 15) is 22.4 Å². The van der Waals surface area contributed by atoms with Crippen LogP contribution in [-0.4, -0.2) is 36.0 Å². The summed E-state index contributed by atoms with van der Waals surface area (Å²) < 4.78 is 56.6. The molecule has 40 heavy (non-hydrogen) atoms. The van der Waals surface area contributed by atoms with Crippen molar-refractivity contribution in [1.82, 2.24) is 29.5 Å². The number of nitrogens with one attached hydrogen (secondary N) is 1. The Bertz CT molecular complexity index is 1810. The third-order valence-electron chi connectivity index (χ3n) is 5.74. The maximum atomic E-state index is 14.1. The van der Waals surface area contributed by atoms with Crippen LogP contribution in [0, 0.1) is 23.5 Å². The lowest BCUT2D eigenvalue weighted by Crippen LogP contribution is -2.26. The van der Waals surface area contributed by atoms with Crippen LogP contribution in [0.5, 0.6) is 0 Å². The molecule has 5 rings (SSSR count). The Morgan fingerprint density at radius 2 is 1.82 bits per heavy atom. The molecule has 13 heteroatoms. The van der Waals surface area contributed by atoms with Gasteiger partial charge in [-0.05, 0) is 24.1 Å². The Kier molecular flexibility index (Phi) is 7.32. The van der Waals surface area contributed by atoms with Crippen LogP contribution in [-0.2, 0) is 6.42 Å². The van der Waals surface area contributed by atoms with E-state index in [1.54, 1.807) is 0 Å². The molecule has 0 atom stereocenters. The molecule has 3 heterocycles. The maximum Gasteiger partial charge on any atom is 0.266 e. The molecule has 5 aromatic rings. The molecule has 0 unspecified atom stereocenters. The number of hydrogen-bond donors (Lipinski definition) is 2. The lowest BCUT2D eigenvalue weighted by atomic mass is 10.1. The second kappa shape index (κ2) is 11.2. The van der Waals surface area contributed by atoms with Crippen LogP contribution in [0.4, 0.5) is 29.2 Å². The van der Waals surface area contributed by atoms with Crippen molar-refractivity contribution in [2.75, 3.05) is 17.6 Å². The van der Waals surface area contributed by atoms with Crippen molar-refractivity contribution in [2.45, 2.75) is 12.8 Å². The van der Waals surface area contributed by atoms with Gasteiger partial charge in [0, 0.05) is 37.0 Å². The monoisotopic (exact) mass is 546 g/mol. The second-order valence-electron chi connectivity index (χ2n) is 8.34. The minimum absolute atomic E-state index is 0.0170. The molecule has 200 valence electrons. The molecule has 3 aromatic heterocycles. The predicted molar refractivity (Wildman–Crippen MR) is 139 cm³/mol. The highest BCUT2D eigenvalue weighted by Crippen LogP contribution is 2.26. The SMILES string of the molecule is Nc1ncnc(NCCc2nc3cccc(C(F)F)c3c(=O)n2-c2cc(F)cc(F)c2)c1C#Cc1cnccn1. The van der Waals surface area contributed by atoms with Crippen LogP contribution >= 0.6 is 0 Å². The second-order valence-corrected chi connectivity index (χ2v) is 8.34. The minimum atomic E-state index is -2.96. The molecule has 0 aliphatic heterocycles. The van der Waals surface area contributed by atoms with Crippen molar-refractivity contribution in [1.29, 1.82) is 0 Å². The first kappa shape index (κ1) is 26.2. The number of anilines is 2. The summed E-state index contributed by atoms with van der Waals surface area (Å²) in [7, 11) is 0. The summed E-state index contributed by atoms with van der Waals surface area (Å²) in [6.45, 7) is 0.0978. The van der Waals surface area contributed by atoms with Gasteiger partial charge in [0.1, 0.15) is 46.7 Å². The topological polar surface area (TPSA) is 124 Å². The Labute approximate surface area is 223 Å². The smallest absolute Gasteiger partial charge is 0.266 e. The molecule has 2 aromatic carbocycles. The lowest BCUT2D eigenvalue weighted by molar-refractivity contribution is 0.153. The minimum Gasteiger partial charge on any atom is -0.382 e. The van der Waals surface area contributed by atoms with Gasteiger partial charge in [-0.15, -0.1) is 0 Å². The van der Waals surface area contributed by atoms with E-state index < -0.39 is 29.2 Å². The zero-order valence-electron chi connectivity index (χ0n) is 20.4. The Balaban J connectivity index is 1.53. The lowest BCUT2D eigenvalue weighted by Gasteiger charge is -2.16. The highest BCUT2D eigenvalue weighted by molar-refractivity contribution is 5.82. The Morgan fingerprint density at radius 1 is 1.02 bits per heavy atom. The van der Waals surface area contributed by atoms with E-state index in [0.717, 1.165) is 22.8 Å². The fourth-order valence-corrected chi connectivity index (χ4v) is 4.03. The molecule has 0 saturated heterocycles. The fraction of sp³-hybridized carbons (Fsp3) is 0.111. The summed E-state index contributed by atoms with van der Waals surface area (Å²) in [6, 6.07) is 6.36. The van der Waals surface area contributed by atoms with E-state index in [0.29, 0.717) is 11.8 Å². The summed E-state index contributed by atoms with van der Waals surface area (Å²) in [6.07, 6.45) is 2.75. The van der Waals surface area contributed by atoms with Gasteiger partial charge in [-0.1, -0.05) is 18.1 Å². The van der Waals surface area contributed by atoms with Crippen molar-refractivity contribution in [3.05, 3.63) is 106 Å². The normalized spacial score (nSPS) is 10.9. The van der Waals surface area contributed by atoms with Gasteiger partial charge in [0.2, 0.25) is 0 Å². The van der Waals surface area contributed by atoms with E-state index >= 15 is 0 Å². The summed E-state index contributed by atoms with van der Waals surface area (Å²) in [5, 5.41) is 2.70. The molecule has 0 amide bonds. The molecule has 0 fully saturated rings. The molecule has 0 radical (unpaired) electrons. The first-order valence-corrected chi connectivity index (χ1v) is 11.7. The summed E-state index contributed by atoms with van der Waals surface area (Å²) in [5.41, 5.74) is 5.08. The van der Waals surface area contributed by atoms with Crippen LogP contribution in [0.2, 0.25) is 0 Å². The number of halogens is 4. The molecular formula is C27H18F4N8O. The van der Waals surface area contributed by atoms with Gasteiger partial charge in [-0.2, -0.15) is 0 Å². The van der Waals surface area contributed by atoms with Crippen LogP contribution in [0.1, 0.15) is 29.1 Å². The molecule has 0 bridgehead atoms. The van der Waals surface area contributed by atoms with Crippen LogP contribution in [0.15, 0.2) is 66.1 Å². The van der Waals surface area contributed by atoms with Crippen molar-refractivity contribution in [3.8, 4) is 17.5 Å². The van der Waals surface area contributed by atoms with Gasteiger partial charge >= 0.3 is 0 Å². The highest BCUT2D eigenvalue weighted by Gasteiger charge is 2.20. The van der Waals surface area contributed by atoms with E-state index in [2.05, 4.69) is 42.1 Å². The first-order valence-electron chi connectivity index (χ1n) is 11.7. The van der Waals surface area contributed by atoms with Gasteiger partial charge in [-0.3, -0.25) is 14.3 Å². The molecule has 0 aliphatic rings. The Hall–Kier alpha value is -5.38. The van der Waals surface area contributed by atoms with Gasteiger partial charge in [-0.25, -0.2) is 37.5 Å². The standard InChI is InChI=1S/C27H18F4N8O/c28-15-10-16(29)12-18(11-15)39-22(38-21-3-1-2-19(24(30)31)23(21)27(39)40)6-7-35-26-20(25(32)36-14-37-26)5-4-17-13-33-8-9-34-17/h1-3,8-14,24H,6-7H2,(H3,32,35,36,37). The third-order valence-corrected chi connectivity index (χ3v) is 5.74. The van der Waals surface area contributed by atoms with Crippen LogP contribution in [0.3, 0.4) is 0 Å². The molecular weight excluding hydrogens is 528 g/mol. The average molecular weight is 546 g/mol. The molecule has 3 N–H and O–H groups in total. The third kappa shape index (κ3) is 5.41. The number of nitrogen functional groups attached to an aromatic ring is 1. The van der Waals surface area contributed by atoms with E-state index in [4.69, 9.17) is 5.73 Å². The number of fused-ring (bicyclic) bond motifs is 1. The number of rotatable bonds is 6. The largest absolute Gasteiger partial charge is 0.382 e. The van der Waals surface area contributed by atoms with Crippen molar-refractivity contribution in [2.24, 2.45) is 0 Å². The average Bonchev–Trinajstić information content (AvgIpc) is 2.92. The van der Waals surface area contributed by atoms with Crippen molar-refractivity contribution in [3.63, 3.8) is 0 Å². The maximum absolute atomic E-state index is 14.1. The van der Waals surface area contributed by atoms with Crippen molar-refractivity contribution < 1.29 is 17.6 Å². The predicted octanol–water partition coefficient (Wildman–Crippen LogP) is 3.82. The van der Waals surface area contributed by atoms with E-state index in [1.165, 1.54) is 37.1 Å². The molecule has 9 nitrogen and oxygen atoms in total. The highest BCUT2D eigenvalue weighted by atomic mass is 19.3.